The molecule has 1 aromatic rings. The van der Waals surface area contributed by atoms with Crippen molar-refractivity contribution in [1.82, 2.24) is 0 Å². The van der Waals surface area contributed by atoms with Gasteiger partial charge in [-0.3, -0.25) is 9.79 Å². The van der Waals surface area contributed by atoms with Crippen LogP contribution in [0.2, 0.25) is 0 Å². The van der Waals surface area contributed by atoms with Crippen LogP contribution in [0.15, 0.2) is 34.5 Å². The molecule has 29 heavy (non-hydrogen) atoms. The number of hydrogen-bond acceptors (Lipinski definition) is 3. The molecule has 0 aliphatic rings. The van der Waals surface area contributed by atoms with Crippen LogP contribution in [-0.4, -0.2) is 23.8 Å². The topological polar surface area (TPSA) is 79.3 Å². The summed E-state index contributed by atoms with van der Waals surface area (Å²) in [5.41, 5.74) is 3.21. The van der Waals surface area contributed by atoms with E-state index in [1.165, 1.54) is 13.0 Å². The summed E-state index contributed by atoms with van der Waals surface area (Å²) >= 11 is 0. The summed E-state index contributed by atoms with van der Waals surface area (Å²) in [7, 11) is 0. The third-order valence-electron chi connectivity index (χ3n) is 3.53. The highest BCUT2D eigenvalue weighted by Crippen LogP contribution is 2.32. The Bertz CT molecular complexity index is 790. The molecule has 3 N–H and O–H groups in total. The fourth-order valence-electron chi connectivity index (χ4n) is 2.38. The number of alkyl halides is 4. The lowest BCUT2D eigenvalue weighted by molar-refractivity contribution is -0.116. The third kappa shape index (κ3) is 8.53. The number of primary amides is 1. The molecule has 0 saturated carbocycles. The van der Waals surface area contributed by atoms with Gasteiger partial charge in [-0.2, -0.15) is 8.78 Å². The molecule has 0 saturated heterocycles. The zero-order valence-corrected chi connectivity index (χ0v) is 17.0. The van der Waals surface area contributed by atoms with Gasteiger partial charge in [0.2, 0.25) is 5.91 Å². The van der Waals surface area contributed by atoms with Crippen molar-refractivity contribution in [3.05, 3.63) is 46.4 Å². The molecule has 0 heterocycles. The van der Waals surface area contributed by atoms with E-state index < -0.39 is 34.8 Å². The van der Waals surface area contributed by atoms with Crippen LogP contribution >= 0.6 is 0 Å². The van der Waals surface area contributed by atoms with E-state index in [0.717, 1.165) is 12.1 Å². The van der Waals surface area contributed by atoms with Crippen LogP contribution in [-0.2, 0) is 17.1 Å². The first-order chi connectivity index (χ1) is 13.3. The normalized spacial score (nSPS) is 13.2. The Kier molecular flexibility index (Phi) is 9.86. The maximum Gasteiger partial charge on any atom is 0.287 e. The van der Waals surface area contributed by atoms with E-state index >= 15 is 0 Å². The number of amides is 1. The minimum Gasteiger partial charge on any atom is -0.369 e. The summed E-state index contributed by atoms with van der Waals surface area (Å²) in [6.07, 6.45) is -0.0759. The molecule has 1 amide bonds. The van der Waals surface area contributed by atoms with E-state index in [2.05, 4.69) is 4.99 Å². The van der Waals surface area contributed by atoms with Crippen LogP contribution < -0.4 is 5.73 Å². The van der Waals surface area contributed by atoms with Crippen molar-refractivity contribution in [2.24, 2.45) is 10.7 Å². The van der Waals surface area contributed by atoms with Gasteiger partial charge in [0.05, 0.1) is 12.0 Å². The molecule has 1 aromatic carbocycles. The molecule has 162 valence electrons. The van der Waals surface area contributed by atoms with Gasteiger partial charge in [0.15, 0.2) is 0 Å². The van der Waals surface area contributed by atoms with Crippen molar-refractivity contribution in [2.45, 2.75) is 59.3 Å². The van der Waals surface area contributed by atoms with Crippen molar-refractivity contribution in [3.8, 4) is 0 Å². The van der Waals surface area contributed by atoms with E-state index in [4.69, 9.17) is 11.1 Å². The average Bonchev–Trinajstić information content (AvgIpc) is 2.58. The molecule has 0 unspecified atom stereocenters. The molecule has 0 fully saturated rings. The highest BCUT2D eigenvalue weighted by atomic mass is 19.3. The summed E-state index contributed by atoms with van der Waals surface area (Å²) in [5, 5.41) is 7.42. The minimum atomic E-state index is -3.47. The molecule has 0 bridgehead atoms. The first kappa shape index (κ1) is 26.4. The second-order valence-electron chi connectivity index (χ2n) is 6.28. The first-order valence-electron chi connectivity index (χ1n) is 8.86. The molecule has 9 heteroatoms. The lowest BCUT2D eigenvalue weighted by Crippen LogP contribution is -2.20. The lowest BCUT2D eigenvalue weighted by atomic mass is 9.98. The van der Waals surface area contributed by atoms with E-state index in [-0.39, 0.29) is 29.7 Å². The smallest absolute Gasteiger partial charge is 0.287 e. The fraction of sp³-hybridized carbons (Fsp3) is 0.450. The Labute approximate surface area is 167 Å². The molecule has 0 radical (unpaired) electrons. The predicted octanol–water partition coefficient (Wildman–Crippen LogP) is 5.40. The van der Waals surface area contributed by atoms with Crippen LogP contribution in [0.25, 0.3) is 0 Å². The van der Waals surface area contributed by atoms with Gasteiger partial charge in [0, 0.05) is 37.8 Å². The fourth-order valence-corrected chi connectivity index (χ4v) is 2.38. The van der Waals surface area contributed by atoms with Gasteiger partial charge >= 0.3 is 0 Å². The van der Waals surface area contributed by atoms with Crippen LogP contribution in [0, 0.1) is 11.2 Å². The first-order valence-corrected chi connectivity index (χ1v) is 8.86. The summed E-state index contributed by atoms with van der Waals surface area (Å²) in [6, 6.07) is 2.85. The molecule has 1 rings (SSSR count). The predicted molar refractivity (Wildman–Crippen MR) is 104 cm³/mol. The average molecular weight is 419 g/mol. The third-order valence-corrected chi connectivity index (χ3v) is 3.53. The number of halogens is 5. The number of nitrogens with one attached hydrogen (secondary N) is 1. The van der Waals surface area contributed by atoms with Crippen molar-refractivity contribution in [1.29, 1.82) is 5.41 Å². The zero-order valence-electron chi connectivity index (χ0n) is 17.0. The minimum absolute atomic E-state index is 0.0123. The summed E-state index contributed by atoms with van der Waals surface area (Å²) in [4.78, 5) is 14.6. The number of rotatable bonds is 8. The Morgan fingerprint density at radius 2 is 1.76 bits per heavy atom. The lowest BCUT2D eigenvalue weighted by Gasteiger charge is -2.17. The SMILES string of the molecule is CC.CC(CC(N)=O)=N/C(=C(\C=N)Cc1ccc(F)c(C(C)(F)F)c1)C(C)(F)F. The molecule has 0 spiro atoms. The molecule has 0 aliphatic heterocycles. The number of nitrogens with zero attached hydrogens (tertiary/aromatic N) is 1. The highest BCUT2D eigenvalue weighted by Gasteiger charge is 2.32. The summed E-state index contributed by atoms with van der Waals surface area (Å²) < 4.78 is 68.5. The molecule has 0 atom stereocenters. The van der Waals surface area contributed by atoms with Crippen LogP contribution in [0.1, 0.15) is 52.2 Å². The van der Waals surface area contributed by atoms with E-state index in [0.29, 0.717) is 20.1 Å². The van der Waals surface area contributed by atoms with E-state index in [9.17, 15) is 26.7 Å². The zero-order chi connectivity index (χ0) is 23.0. The molecular formula is C20H26F5N3O. The Morgan fingerprint density at radius 1 is 1.21 bits per heavy atom. The standard InChI is InChI=1S/C18H20F5N3O.C2H6/c1-10(6-15(25)27)26-16(18(3,22)23)12(9-24)7-11-4-5-14(19)13(8-11)17(2,20)21;1-2/h4-5,8-9,24H,6-7H2,1-3H3,(H2,25,27);1-2H3/b16-12-,24-9?,26-10?;. The largest absolute Gasteiger partial charge is 0.369 e. The van der Waals surface area contributed by atoms with Crippen LogP contribution in [0.4, 0.5) is 22.0 Å². The number of benzene rings is 1. The van der Waals surface area contributed by atoms with Gasteiger partial charge in [-0.1, -0.05) is 19.9 Å². The maximum absolute atomic E-state index is 14.0. The number of aliphatic imine (C=N–C) groups is 1. The van der Waals surface area contributed by atoms with Crippen molar-refractivity contribution >= 4 is 17.8 Å². The molecule has 0 aromatic heterocycles. The second-order valence-corrected chi connectivity index (χ2v) is 6.28. The maximum atomic E-state index is 14.0. The van der Waals surface area contributed by atoms with Crippen LogP contribution in [0.3, 0.4) is 0 Å². The summed E-state index contributed by atoms with van der Waals surface area (Å²) in [5.74, 6) is -8.81. The van der Waals surface area contributed by atoms with E-state index in [1.54, 1.807) is 0 Å². The van der Waals surface area contributed by atoms with Gasteiger partial charge in [0.25, 0.3) is 11.8 Å². The highest BCUT2D eigenvalue weighted by molar-refractivity contribution is 5.99. The Hall–Kier alpha value is -2.58. The van der Waals surface area contributed by atoms with E-state index in [1.807, 2.05) is 13.8 Å². The number of carbonyl (C=O) groups is 1. The van der Waals surface area contributed by atoms with Gasteiger partial charge in [-0.25, -0.2) is 13.2 Å². The quantitative estimate of drug-likeness (QED) is 0.429. The number of allylic oxidation sites excluding steroid dienone is 2. The molecular weight excluding hydrogens is 393 g/mol. The number of hydrogen-bond donors (Lipinski definition) is 2. The molecule has 0 aliphatic carbocycles. The van der Waals surface area contributed by atoms with Gasteiger partial charge in [0.1, 0.15) is 11.5 Å². The van der Waals surface area contributed by atoms with Gasteiger partial charge < -0.3 is 11.1 Å². The second kappa shape index (κ2) is 10.8. The Balaban J connectivity index is 0.00000379. The molecule has 4 nitrogen and oxygen atoms in total. The van der Waals surface area contributed by atoms with Crippen molar-refractivity contribution in [3.63, 3.8) is 0 Å². The van der Waals surface area contributed by atoms with Crippen LogP contribution in [0.5, 0.6) is 0 Å². The van der Waals surface area contributed by atoms with Crippen molar-refractivity contribution < 1.29 is 26.7 Å². The Morgan fingerprint density at radius 3 is 2.17 bits per heavy atom. The number of nitrogens with two attached hydrogens (primary N) is 1. The van der Waals surface area contributed by atoms with Crippen molar-refractivity contribution in [2.75, 3.05) is 0 Å². The van der Waals surface area contributed by atoms with Gasteiger partial charge in [-0.15, -0.1) is 0 Å². The van der Waals surface area contributed by atoms with Gasteiger partial charge in [-0.05, 0) is 24.6 Å². The summed E-state index contributed by atoms with van der Waals surface area (Å²) in [6.45, 7) is 6.40. The monoisotopic (exact) mass is 419 g/mol. The number of carbonyl (C=O) groups excluding carboxylic acids is 1.